The van der Waals surface area contributed by atoms with Gasteiger partial charge in [0, 0.05) is 12.6 Å². The first kappa shape index (κ1) is 12.6. The maximum absolute atomic E-state index is 9.40. The highest BCUT2D eigenvalue weighted by atomic mass is 16.3. The summed E-state index contributed by atoms with van der Waals surface area (Å²) in [6, 6.07) is 11.0. The molecule has 0 aromatic heterocycles. The van der Waals surface area contributed by atoms with Crippen LogP contribution in [0.15, 0.2) is 30.3 Å². The number of rotatable bonds is 4. The molecule has 1 aromatic carbocycles. The third kappa shape index (κ3) is 3.30. The fourth-order valence-electron chi connectivity index (χ4n) is 2.75. The first-order valence-corrected chi connectivity index (χ1v) is 6.71. The molecule has 94 valence electrons. The lowest BCUT2D eigenvalue weighted by atomic mass is 9.97. The Kier molecular flexibility index (Phi) is 4.57. The molecule has 1 aliphatic heterocycles. The maximum Gasteiger partial charge on any atom is 0.0586 e. The second-order valence-corrected chi connectivity index (χ2v) is 5.14. The summed E-state index contributed by atoms with van der Waals surface area (Å²) in [4.78, 5) is 2.46. The van der Waals surface area contributed by atoms with E-state index in [1.54, 1.807) is 0 Å². The van der Waals surface area contributed by atoms with E-state index in [0.29, 0.717) is 18.6 Å². The summed E-state index contributed by atoms with van der Waals surface area (Å²) in [6.45, 7) is 4.79. The van der Waals surface area contributed by atoms with E-state index in [9.17, 15) is 5.11 Å². The Bertz CT molecular complexity index is 325. The lowest BCUT2D eigenvalue weighted by molar-refractivity contribution is 0.0860. The largest absolute Gasteiger partial charge is 0.395 e. The lowest BCUT2D eigenvalue weighted by Crippen LogP contribution is -2.43. The molecule has 2 heteroatoms. The third-order valence-corrected chi connectivity index (χ3v) is 3.84. The summed E-state index contributed by atoms with van der Waals surface area (Å²) in [7, 11) is 0. The van der Waals surface area contributed by atoms with Crippen LogP contribution in [0.25, 0.3) is 0 Å². The van der Waals surface area contributed by atoms with Gasteiger partial charge >= 0.3 is 0 Å². The average molecular weight is 233 g/mol. The van der Waals surface area contributed by atoms with Gasteiger partial charge in [0.15, 0.2) is 0 Å². The Morgan fingerprint density at radius 1 is 1.29 bits per heavy atom. The molecule has 0 amide bonds. The standard InChI is InChI=1S/C15H23NO/c1-13(14-7-3-2-4-8-14)11-16-10-6-5-9-15(16)12-17/h2-4,7-8,13,15,17H,5-6,9-12H2,1H3/t13-,15-/m0/s1. The van der Waals surface area contributed by atoms with Gasteiger partial charge in [-0.1, -0.05) is 43.7 Å². The van der Waals surface area contributed by atoms with Crippen LogP contribution in [-0.2, 0) is 0 Å². The normalized spacial score (nSPS) is 23.5. The number of hydrogen-bond acceptors (Lipinski definition) is 2. The van der Waals surface area contributed by atoms with Gasteiger partial charge in [-0.3, -0.25) is 4.90 Å². The van der Waals surface area contributed by atoms with Gasteiger partial charge in [0.05, 0.1) is 6.61 Å². The molecule has 1 N–H and O–H groups in total. The molecular formula is C15H23NO. The van der Waals surface area contributed by atoms with Crippen molar-refractivity contribution in [3.63, 3.8) is 0 Å². The zero-order valence-electron chi connectivity index (χ0n) is 10.7. The van der Waals surface area contributed by atoms with Crippen LogP contribution in [0.5, 0.6) is 0 Å². The van der Waals surface area contributed by atoms with Crippen molar-refractivity contribution in [3.05, 3.63) is 35.9 Å². The van der Waals surface area contributed by atoms with Crippen molar-refractivity contribution >= 4 is 0 Å². The molecule has 1 aromatic rings. The summed E-state index contributed by atoms with van der Waals surface area (Å²) in [5.41, 5.74) is 1.40. The minimum atomic E-state index is 0.307. The van der Waals surface area contributed by atoms with Gasteiger partial charge in [0.1, 0.15) is 0 Å². The van der Waals surface area contributed by atoms with Gasteiger partial charge in [-0.15, -0.1) is 0 Å². The molecule has 17 heavy (non-hydrogen) atoms. The number of nitrogens with zero attached hydrogens (tertiary/aromatic N) is 1. The smallest absolute Gasteiger partial charge is 0.0586 e. The summed E-state index contributed by atoms with van der Waals surface area (Å²) >= 11 is 0. The Morgan fingerprint density at radius 3 is 2.76 bits per heavy atom. The summed E-state index contributed by atoms with van der Waals surface area (Å²) < 4.78 is 0. The highest BCUT2D eigenvalue weighted by Crippen LogP contribution is 2.22. The number of hydrogen-bond donors (Lipinski definition) is 1. The van der Waals surface area contributed by atoms with Crippen molar-refractivity contribution in [2.45, 2.75) is 38.1 Å². The molecule has 0 spiro atoms. The number of likely N-dealkylation sites (tertiary alicyclic amines) is 1. The SMILES string of the molecule is C[C@@H](CN1CCCC[C@H]1CO)c1ccccc1. The van der Waals surface area contributed by atoms with Crippen LogP contribution in [0, 0.1) is 0 Å². The van der Waals surface area contributed by atoms with Crippen LogP contribution in [-0.4, -0.2) is 35.7 Å². The molecule has 0 aliphatic carbocycles. The Balaban J connectivity index is 1.95. The van der Waals surface area contributed by atoms with Crippen LogP contribution in [0.2, 0.25) is 0 Å². The molecule has 1 fully saturated rings. The van der Waals surface area contributed by atoms with Crippen molar-refractivity contribution in [1.29, 1.82) is 0 Å². The summed E-state index contributed by atoms with van der Waals surface area (Å²) in [5, 5.41) is 9.40. The zero-order valence-corrected chi connectivity index (χ0v) is 10.7. The van der Waals surface area contributed by atoms with Gasteiger partial charge in [-0.2, -0.15) is 0 Å². The molecule has 2 atom stereocenters. The Morgan fingerprint density at radius 2 is 2.06 bits per heavy atom. The topological polar surface area (TPSA) is 23.5 Å². The van der Waals surface area contributed by atoms with Crippen molar-refractivity contribution in [3.8, 4) is 0 Å². The zero-order chi connectivity index (χ0) is 12.1. The van der Waals surface area contributed by atoms with Crippen molar-refractivity contribution in [1.82, 2.24) is 4.90 Å². The lowest BCUT2D eigenvalue weighted by Gasteiger charge is -2.36. The molecule has 1 heterocycles. The predicted octanol–water partition coefficient (Wildman–Crippen LogP) is 2.64. The fourth-order valence-corrected chi connectivity index (χ4v) is 2.75. The van der Waals surface area contributed by atoms with E-state index < -0.39 is 0 Å². The van der Waals surface area contributed by atoms with E-state index in [2.05, 4.69) is 42.2 Å². The minimum Gasteiger partial charge on any atom is -0.395 e. The highest BCUT2D eigenvalue weighted by Gasteiger charge is 2.23. The Hall–Kier alpha value is -0.860. The number of aliphatic hydroxyl groups is 1. The molecule has 2 nitrogen and oxygen atoms in total. The van der Waals surface area contributed by atoms with Crippen LogP contribution in [0.1, 0.15) is 37.7 Å². The first-order chi connectivity index (χ1) is 8.31. The van der Waals surface area contributed by atoms with Crippen LogP contribution in [0.4, 0.5) is 0 Å². The van der Waals surface area contributed by atoms with E-state index in [1.165, 1.54) is 18.4 Å². The van der Waals surface area contributed by atoms with E-state index in [0.717, 1.165) is 19.5 Å². The molecule has 1 saturated heterocycles. The molecule has 0 radical (unpaired) electrons. The monoisotopic (exact) mass is 233 g/mol. The summed E-state index contributed by atoms with van der Waals surface area (Å²) in [5.74, 6) is 0.545. The van der Waals surface area contributed by atoms with E-state index in [-0.39, 0.29) is 0 Å². The maximum atomic E-state index is 9.40. The molecule has 0 saturated carbocycles. The van der Waals surface area contributed by atoms with Crippen LogP contribution in [0.3, 0.4) is 0 Å². The third-order valence-electron chi connectivity index (χ3n) is 3.84. The summed E-state index contributed by atoms with van der Waals surface area (Å²) in [6.07, 6.45) is 3.69. The van der Waals surface area contributed by atoms with Gasteiger partial charge < -0.3 is 5.11 Å². The molecular weight excluding hydrogens is 210 g/mol. The highest BCUT2D eigenvalue weighted by molar-refractivity contribution is 5.19. The van der Waals surface area contributed by atoms with Crippen molar-refractivity contribution in [2.75, 3.05) is 19.7 Å². The minimum absolute atomic E-state index is 0.307. The first-order valence-electron chi connectivity index (χ1n) is 6.71. The van der Waals surface area contributed by atoms with E-state index >= 15 is 0 Å². The number of benzene rings is 1. The second kappa shape index (κ2) is 6.18. The van der Waals surface area contributed by atoms with Crippen LogP contribution >= 0.6 is 0 Å². The van der Waals surface area contributed by atoms with Gasteiger partial charge in [-0.05, 0) is 30.9 Å². The fraction of sp³-hybridized carbons (Fsp3) is 0.600. The van der Waals surface area contributed by atoms with Crippen molar-refractivity contribution in [2.24, 2.45) is 0 Å². The predicted molar refractivity (Wildman–Crippen MR) is 71.2 cm³/mol. The second-order valence-electron chi connectivity index (χ2n) is 5.14. The molecule has 0 bridgehead atoms. The van der Waals surface area contributed by atoms with Gasteiger partial charge in [0.25, 0.3) is 0 Å². The van der Waals surface area contributed by atoms with Crippen molar-refractivity contribution < 1.29 is 5.11 Å². The van der Waals surface area contributed by atoms with E-state index in [4.69, 9.17) is 0 Å². The van der Waals surface area contributed by atoms with Gasteiger partial charge in [0.2, 0.25) is 0 Å². The number of aliphatic hydroxyl groups excluding tert-OH is 1. The number of piperidine rings is 1. The van der Waals surface area contributed by atoms with Crippen LogP contribution < -0.4 is 0 Å². The van der Waals surface area contributed by atoms with Gasteiger partial charge in [-0.25, -0.2) is 0 Å². The quantitative estimate of drug-likeness (QED) is 0.864. The van der Waals surface area contributed by atoms with E-state index in [1.807, 2.05) is 0 Å². The molecule has 1 aliphatic rings. The molecule has 2 rings (SSSR count). The molecule has 0 unspecified atom stereocenters. The average Bonchev–Trinajstić information content (AvgIpc) is 2.40. The Labute approximate surface area is 104 Å².